The standard InChI is InChI=1S/C30H35N5O5/c1-40-30(39)22-5-6-26-24(16-22)25(17-32-26)20-9-13-35(14-10-20)29(38)28(37)33-23-4-2-3-19(15-23)18-34-11-7-21(8-12-34)27(31)36/h2-6,15-17,20-21,32H,7-14,18H2,1H3,(H2,31,36)(H,33,37). The van der Waals surface area contributed by atoms with Crippen molar-refractivity contribution >= 4 is 40.3 Å². The monoisotopic (exact) mass is 545 g/mol. The maximum Gasteiger partial charge on any atom is 0.337 e. The smallest absolute Gasteiger partial charge is 0.337 e. The van der Waals surface area contributed by atoms with Crippen molar-refractivity contribution < 1.29 is 23.9 Å². The van der Waals surface area contributed by atoms with Gasteiger partial charge in [0.05, 0.1) is 12.7 Å². The third-order valence-electron chi connectivity index (χ3n) is 8.13. The van der Waals surface area contributed by atoms with Gasteiger partial charge in [0.1, 0.15) is 0 Å². The number of ether oxygens (including phenoxy) is 1. The van der Waals surface area contributed by atoms with Crippen LogP contribution in [0.15, 0.2) is 48.7 Å². The van der Waals surface area contributed by atoms with Crippen LogP contribution in [0.2, 0.25) is 0 Å². The van der Waals surface area contributed by atoms with Crippen molar-refractivity contribution in [3.8, 4) is 0 Å². The molecule has 0 spiro atoms. The molecule has 5 rings (SSSR count). The van der Waals surface area contributed by atoms with Gasteiger partial charge in [0.15, 0.2) is 0 Å². The molecule has 3 aromatic rings. The van der Waals surface area contributed by atoms with E-state index in [9.17, 15) is 19.2 Å². The second kappa shape index (κ2) is 11.9. The van der Waals surface area contributed by atoms with Crippen LogP contribution in [-0.2, 0) is 25.7 Å². The molecule has 0 bridgehead atoms. The number of primary amides is 1. The Labute approximate surface area is 232 Å². The highest BCUT2D eigenvalue weighted by atomic mass is 16.5. The number of esters is 1. The average molecular weight is 546 g/mol. The number of hydrogen-bond donors (Lipinski definition) is 3. The van der Waals surface area contributed by atoms with Crippen LogP contribution in [0.1, 0.15) is 53.1 Å². The van der Waals surface area contributed by atoms with E-state index < -0.39 is 11.8 Å². The van der Waals surface area contributed by atoms with Crippen LogP contribution in [0.3, 0.4) is 0 Å². The van der Waals surface area contributed by atoms with Crippen LogP contribution in [0.5, 0.6) is 0 Å². The molecule has 1 aromatic heterocycles. The van der Waals surface area contributed by atoms with E-state index in [1.807, 2.05) is 36.5 Å². The first-order valence-electron chi connectivity index (χ1n) is 13.7. The first kappa shape index (κ1) is 27.4. The van der Waals surface area contributed by atoms with E-state index in [-0.39, 0.29) is 23.7 Å². The van der Waals surface area contributed by atoms with Gasteiger partial charge in [-0.1, -0.05) is 12.1 Å². The van der Waals surface area contributed by atoms with E-state index in [0.717, 1.165) is 60.8 Å². The molecule has 4 N–H and O–H groups in total. The first-order chi connectivity index (χ1) is 19.3. The number of nitrogens with two attached hydrogens (primary N) is 1. The maximum atomic E-state index is 13.0. The third kappa shape index (κ3) is 6.02. The van der Waals surface area contributed by atoms with Gasteiger partial charge in [-0.2, -0.15) is 0 Å². The summed E-state index contributed by atoms with van der Waals surface area (Å²) in [5, 5.41) is 3.74. The number of methoxy groups -OCH3 is 1. The highest BCUT2D eigenvalue weighted by Gasteiger charge is 2.29. The van der Waals surface area contributed by atoms with Gasteiger partial charge >= 0.3 is 17.8 Å². The van der Waals surface area contributed by atoms with Gasteiger partial charge < -0.3 is 25.7 Å². The Bertz CT molecular complexity index is 1420. The molecule has 2 fully saturated rings. The lowest BCUT2D eigenvalue weighted by Gasteiger charge is -2.31. The number of rotatable bonds is 6. The summed E-state index contributed by atoms with van der Waals surface area (Å²) in [4.78, 5) is 56.3. The third-order valence-corrected chi connectivity index (χ3v) is 8.13. The molecule has 2 aliphatic heterocycles. The van der Waals surface area contributed by atoms with Gasteiger partial charge in [0.2, 0.25) is 5.91 Å². The Morgan fingerprint density at radius 2 is 1.75 bits per heavy atom. The predicted molar refractivity (Wildman–Crippen MR) is 150 cm³/mol. The maximum absolute atomic E-state index is 13.0. The second-order valence-electron chi connectivity index (χ2n) is 10.7. The lowest BCUT2D eigenvalue weighted by Crippen LogP contribution is -2.43. The van der Waals surface area contributed by atoms with Gasteiger partial charge in [0.25, 0.3) is 0 Å². The molecule has 40 heavy (non-hydrogen) atoms. The van der Waals surface area contributed by atoms with Gasteiger partial charge in [-0.15, -0.1) is 0 Å². The van der Waals surface area contributed by atoms with E-state index in [1.54, 1.807) is 17.0 Å². The highest BCUT2D eigenvalue weighted by molar-refractivity contribution is 6.39. The number of fused-ring (bicyclic) bond motifs is 1. The number of anilines is 1. The average Bonchev–Trinajstić information content (AvgIpc) is 3.40. The van der Waals surface area contributed by atoms with Crippen LogP contribution < -0.4 is 11.1 Å². The predicted octanol–water partition coefficient (Wildman–Crippen LogP) is 3.00. The summed E-state index contributed by atoms with van der Waals surface area (Å²) >= 11 is 0. The van der Waals surface area contributed by atoms with Gasteiger partial charge in [-0.3, -0.25) is 19.3 Å². The van der Waals surface area contributed by atoms with E-state index >= 15 is 0 Å². The number of piperidine rings is 2. The first-order valence-corrected chi connectivity index (χ1v) is 13.7. The highest BCUT2D eigenvalue weighted by Crippen LogP contribution is 2.34. The summed E-state index contributed by atoms with van der Waals surface area (Å²) in [5.74, 6) is -1.64. The number of aromatic nitrogens is 1. The largest absolute Gasteiger partial charge is 0.465 e. The zero-order chi connectivity index (χ0) is 28.2. The minimum Gasteiger partial charge on any atom is -0.465 e. The van der Waals surface area contributed by atoms with E-state index in [0.29, 0.717) is 30.9 Å². The number of likely N-dealkylation sites (tertiary alicyclic amines) is 2. The van der Waals surface area contributed by atoms with Crippen molar-refractivity contribution in [3.05, 3.63) is 65.4 Å². The molecule has 0 aliphatic carbocycles. The van der Waals surface area contributed by atoms with Crippen LogP contribution in [0.4, 0.5) is 5.69 Å². The molecule has 10 nitrogen and oxygen atoms in total. The van der Waals surface area contributed by atoms with Crippen molar-refractivity contribution in [3.63, 3.8) is 0 Å². The minimum absolute atomic E-state index is 0.0558. The van der Waals surface area contributed by atoms with Crippen LogP contribution in [0, 0.1) is 5.92 Å². The van der Waals surface area contributed by atoms with E-state index in [1.165, 1.54) is 7.11 Å². The number of nitrogens with zero attached hydrogens (tertiary/aromatic N) is 2. The molecule has 2 aromatic carbocycles. The molecule has 10 heteroatoms. The normalized spacial score (nSPS) is 17.1. The number of amides is 3. The SMILES string of the molecule is COC(=O)c1ccc2[nH]cc(C3CCN(C(=O)C(=O)Nc4cccc(CN5CCC(C(N)=O)CC5)c4)CC3)c2c1. The van der Waals surface area contributed by atoms with Crippen molar-refractivity contribution in [1.29, 1.82) is 0 Å². The zero-order valence-electron chi connectivity index (χ0n) is 22.7. The number of hydrogen-bond acceptors (Lipinski definition) is 6. The molecular formula is C30H35N5O5. The van der Waals surface area contributed by atoms with Crippen molar-refractivity contribution in [2.45, 2.75) is 38.1 Å². The van der Waals surface area contributed by atoms with Crippen molar-refractivity contribution in [2.24, 2.45) is 11.7 Å². The summed E-state index contributed by atoms with van der Waals surface area (Å²) in [5.41, 5.74) is 9.58. The van der Waals surface area contributed by atoms with E-state index in [2.05, 4.69) is 15.2 Å². The topological polar surface area (TPSA) is 138 Å². The number of benzene rings is 2. The molecule has 210 valence electrons. The van der Waals surface area contributed by atoms with E-state index in [4.69, 9.17) is 10.5 Å². The second-order valence-corrected chi connectivity index (χ2v) is 10.7. The minimum atomic E-state index is -0.646. The molecule has 0 unspecified atom stereocenters. The molecule has 2 aliphatic rings. The molecule has 3 heterocycles. The van der Waals surface area contributed by atoms with Gasteiger partial charge in [-0.25, -0.2) is 4.79 Å². The summed E-state index contributed by atoms with van der Waals surface area (Å²) in [6.45, 7) is 3.24. The Balaban J connectivity index is 1.15. The Kier molecular flexibility index (Phi) is 8.16. The molecule has 3 amide bonds. The number of nitrogens with one attached hydrogen (secondary N) is 2. The molecule has 2 saturated heterocycles. The van der Waals surface area contributed by atoms with Crippen LogP contribution >= 0.6 is 0 Å². The molecular weight excluding hydrogens is 510 g/mol. The number of carbonyl (C=O) groups excluding carboxylic acids is 4. The summed E-state index contributed by atoms with van der Waals surface area (Å²) in [6.07, 6.45) is 4.91. The summed E-state index contributed by atoms with van der Waals surface area (Å²) in [6, 6.07) is 13.0. The van der Waals surface area contributed by atoms with Gasteiger partial charge in [-0.05, 0) is 86.1 Å². The lowest BCUT2D eigenvalue weighted by atomic mass is 9.89. The van der Waals surface area contributed by atoms with Crippen molar-refractivity contribution in [2.75, 3.05) is 38.6 Å². The number of aromatic amines is 1. The number of H-pyrrole nitrogens is 1. The fourth-order valence-electron chi connectivity index (χ4n) is 5.83. The fraction of sp³-hybridized carbons (Fsp3) is 0.400. The zero-order valence-corrected chi connectivity index (χ0v) is 22.7. The fourth-order valence-corrected chi connectivity index (χ4v) is 5.83. The Morgan fingerprint density at radius 3 is 2.45 bits per heavy atom. The Morgan fingerprint density at radius 1 is 1.00 bits per heavy atom. The molecule has 0 saturated carbocycles. The molecule has 0 atom stereocenters. The number of carbonyl (C=O) groups is 4. The summed E-state index contributed by atoms with van der Waals surface area (Å²) in [7, 11) is 1.36. The van der Waals surface area contributed by atoms with Crippen LogP contribution in [0.25, 0.3) is 10.9 Å². The van der Waals surface area contributed by atoms with Crippen LogP contribution in [-0.4, -0.2) is 71.8 Å². The lowest BCUT2D eigenvalue weighted by molar-refractivity contribution is -0.143. The quantitative estimate of drug-likeness (QED) is 0.322. The van der Waals surface area contributed by atoms with Gasteiger partial charge in [0, 0.05) is 48.3 Å². The molecule has 0 radical (unpaired) electrons. The Hall–Kier alpha value is -4.18. The summed E-state index contributed by atoms with van der Waals surface area (Å²) < 4.78 is 4.86. The van der Waals surface area contributed by atoms with Crippen molar-refractivity contribution in [1.82, 2.24) is 14.8 Å².